The molecule has 4 heteroatoms. The maximum absolute atomic E-state index is 12.0. The predicted molar refractivity (Wildman–Crippen MR) is 82.6 cm³/mol. The molecule has 104 valence electrons. The van der Waals surface area contributed by atoms with Gasteiger partial charge in [0.15, 0.2) is 0 Å². The number of cyclic esters (lactones) is 2. The molecule has 0 fully saturated rings. The first-order valence-electron chi connectivity index (χ1n) is 6.41. The largest absolute Gasteiger partial charge is 0.386 e. The van der Waals surface area contributed by atoms with Gasteiger partial charge in [-0.1, -0.05) is 42.5 Å². The van der Waals surface area contributed by atoms with Crippen molar-refractivity contribution in [1.82, 2.24) is 0 Å². The van der Waals surface area contributed by atoms with Crippen molar-refractivity contribution in [1.29, 1.82) is 0 Å². The summed E-state index contributed by atoms with van der Waals surface area (Å²) < 4.78 is 4.79. The van der Waals surface area contributed by atoms with Gasteiger partial charge in [-0.2, -0.15) is 0 Å². The molecule has 1 heterocycles. The number of carbonyl (C=O) groups is 2. The van der Waals surface area contributed by atoms with Gasteiger partial charge in [0.1, 0.15) is 0 Å². The Labute approximate surface area is 126 Å². The second kappa shape index (κ2) is 5.58. The Balaban J connectivity index is 2.16. The summed E-state index contributed by atoms with van der Waals surface area (Å²) in [7, 11) is 0. The molecule has 0 unspecified atom stereocenters. The number of hydrogen-bond donors (Lipinski definition) is 0. The second-order valence-electron chi connectivity index (χ2n) is 4.52. The number of carbonyl (C=O) groups excluding carboxylic acids is 2. The monoisotopic (exact) mass is 296 g/mol. The first-order chi connectivity index (χ1) is 10.2. The van der Waals surface area contributed by atoms with E-state index in [1.165, 1.54) is 0 Å². The molecule has 0 aromatic heterocycles. The van der Waals surface area contributed by atoms with Crippen molar-refractivity contribution < 1.29 is 14.3 Å². The molecule has 0 spiro atoms. The summed E-state index contributed by atoms with van der Waals surface area (Å²) in [4.78, 5) is 25.1. The summed E-state index contributed by atoms with van der Waals surface area (Å²) in [5.41, 5.74) is 2.05. The zero-order valence-corrected chi connectivity index (χ0v) is 12.1. The molecule has 2 aromatic carbocycles. The van der Waals surface area contributed by atoms with E-state index in [9.17, 15) is 9.59 Å². The maximum atomic E-state index is 12.0. The van der Waals surface area contributed by atoms with Gasteiger partial charge in [-0.05, 0) is 29.5 Å². The summed E-state index contributed by atoms with van der Waals surface area (Å²) in [6.07, 6.45) is 1.98. The lowest BCUT2D eigenvalue weighted by Crippen LogP contribution is -2.01. The molecule has 0 atom stereocenters. The van der Waals surface area contributed by atoms with Gasteiger partial charge in [-0.15, -0.1) is 11.8 Å². The second-order valence-corrected chi connectivity index (χ2v) is 5.40. The third kappa shape index (κ3) is 2.50. The van der Waals surface area contributed by atoms with Crippen LogP contribution in [-0.4, -0.2) is 18.2 Å². The van der Waals surface area contributed by atoms with Crippen molar-refractivity contribution in [2.45, 2.75) is 4.90 Å². The van der Waals surface area contributed by atoms with Crippen LogP contribution in [0.15, 0.2) is 59.5 Å². The lowest BCUT2D eigenvalue weighted by molar-refractivity contribution is -0.149. The lowest BCUT2D eigenvalue weighted by atomic mass is 9.96. The average molecular weight is 296 g/mol. The number of esters is 2. The Hall–Kier alpha value is -2.33. The van der Waals surface area contributed by atoms with Crippen LogP contribution in [0.25, 0.3) is 11.1 Å². The predicted octanol–water partition coefficient (Wildman–Crippen LogP) is 3.40. The molecule has 1 aliphatic heterocycles. The third-order valence-corrected chi connectivity index (χ3v) is 4.03. The third-order valence-electron chi connectivity index (χ3n) is 3.28. The van der Waals surface area contributed by atoms with Crippen molar-refractivity contribution >= 4 is 34.8 Å². The fraction of sp³-hybridized carbons (Fsp3) is 0.0588. The van der Waals surface area contributed by atoms with Gasteiger partial charge in [-0.25, -0.2) is 9.59 Å². The minimum absolute atomic E-state index is 0.331. The molecule has 0 saturated carbocycles. The van der Waals surface area contributed by atoms with Crippen molar-refractivity contribution in [3.63, 3.8) is 0 Å². The Morgan fingerprint density at radius 2 is 1.29 bits per heavy atom. The quantitative estimate of drug-likeness (QED) is 0.494. The molecule has 0 radical (unpaired) electrons. The molecule has 3 nitrogen and oxygen atoms in total. The highest BCUT2D eigenvalue weighted by Crippen LogP contribution is 2.34. The van der Waals surface area contributed by atoms with Gasteiger partial charge in [0.2, 0.25) is 0 Å². The standard InChI is InChI=1S/C17H12O3S/c1-21-13-9-7-12(8-10-13)15-14(16(18)20-17(15)19)11-5-3-2-4-6-11/h2-10H,1H3. The molecule has 21 heavy (non-hydrogen) atoms. The van der Waals surface area contributed by atoms with E-state index < -0.39 is 11.9 Å². The summed E-state index contributed by atoms with van der Waals surface area (Å²) in [5.74, 6) is -1.18. The lowest BCUT2D eigenvalue weighted by Gasteiger charge is -2.04. The average Bonchev–Trinajstić information content (AvgIpc) is 2.82. The van der Waals surface area contributed by atoms with E-state index in [-0.39, 0.29) is 0 Å². The Kier molecular flexibility index (Phi) is 3.62. The van der Waals surface area contributed by atoms with Crippen molar-refractivity contribution in [3.8, 4) is 0 Å². The molecular weight excluding hydrogens is 284 g/mol. The van der Waals surface area contributed by atoms with E-state index in [4.69, 9.17) is 4.74 Å². The molecule has 1 aliphatic rings. The molecule has 3 rings (SSSR count). The zero-order valence-electron chi connectivity index (χ0n) is 11.3. The number of rotatable bonds is 3. The van der Waals surface area contributed by atoms with Crippen molar-refractivity contribution in [2.75, 3.05) is 6.26 Å². The van der Waals surface area contributed by atoms with Crippen molar-refractivity contribution in [3.05, 3.63) is 65.7 Å². The van der Waals surface area contributed by atoms with Gasteiger partial charge in [0.25, 0.3) is 0 Å². The van der Waals surface area contributed by atoms with E-state index in [2.05, 4.69) is 0 Å². The van der Waals surface area contributed by atoms with E-state index in [0.717, 1.165) is 4.90 Å². The highest BCUT2D eigenvalue weighted by atomic mass is 32.2. The first-order valence-corrected chi connectivity index (χ1v) is 7.64. The fourth-order valence-electron chi connectivity index (χ4n) is 2.28. The molecule has 0 bridgehead atoms. The highest BCUT2D eigenvalue weighted by molar-refractivity contribution is 7.98. The van der Waals surface area contributed by atoms with Gasteiger partial charge < -0.3 is 4.74 Å². The number of benzene rings is 2. The molecule has 0 aliphatic carbocycles. The van der Waals surface area contributed by atoms with Gasteiger partial charge in [0, 0.05) is 4.90 Å². The minimum Gasteiger partial charge on any atom is -0.386 e. The van der Waals surface area contributed by atoms with Gasteiger partial charge >= 0.3 is 11.9 Å². The highest BCUT2D eigenvalue weighted by Gasteiger charge is 2.34. The Bertz CT molecular complexity index is 730. The van der Waals surface area contributed by atoms with E-state index >= 15 is 0 Å². The molecule has 0 saturated heterocycles. The van der Waals surface area contributed by atoms with Crippen LogP contribution < -0.4 is 0 Å². The maximum Gasteiger partial charge on any atom is 0.347 e. The van der Waals surface area contributed by atoms with Crippen LogP contribution in [-0.2, 0) is 14.3 Å². The van der Waals surface area contributed by atoms with Crippen molar-refractivity contribution in [2.24, 2.45) is 0 Å². The zero-order chi connectivity index (χ0) is 14.8. The number of ether oxygens (including phenoxy) is 1. The normalized spacial score (nSPS) is 14.5. The number of thioether (sulfide) groups is 1. The summed E-state index contributed by atoms with van der Waals surface area (Å²) in [6.45, 7) is 0. The van der Waals surface area contributed by atoms with E-state index in [0.29, 0.717) is 22.3 Å². The molecule has 2 aromatic rings. The summed E-state index contributed by atoms with van der Waals surface area (Å²) in [6, 6.07) is 16.6. The van der Waals surface area contributed by atoms with Crippen LogP contribution in [0.2, 0.25) is 0 Å². The van der Waals surface area contributed by atoms with E-state index in [1.807, 2.05) is 48.7 Å². The summed E-state index contributed by atoms with van der Waals surface area (Å²) in [5, 5.41) is 0. The van der Waals surface area contributed by atoms with E-state index in [1.54, 1.807) is 23.9 Å². The Morgan fingerprint density at radius 1 is 0.762 bits per heavy atom. The van der Waals surface area contributed by atoms with Crippen LogP contribution in [0.1, 0.15) is 11.1 Å². The summed E-state index contributed by atoms with van der Waals surface area (Å²) >= 11 is 1.62. The van der Waals surface area contributed by atoms with Gasteiger partial charge in [-0.3, -0.25) is 0 Å². The Morgan fingerprint density at radius 3 is 1.81 bits per heavy atom. The van der Waals surface area contributed by atoms with Crippen LogP contribution >= 0.6 is 11.8 Å². The van der Waals surface area contributed by atoms with Crippen LogP contribution in [0.5, 0.6) is 0 Å². The van der Waals surface area contributed by atoms with Crippen LogP contribution in [0.4, 0.5) is 0 Å². The van der Waals surface area contributed by atoms with Crippen LogP contribution in [0, 0.1) is 0 Å². The molecule has 0 N–H and O–H groups in total. The fourth-order valence-corrected chi connectivity index (χ4v) is 2.69. The number of hydrogen-bond acceptors (Lipinski definition) is 4. The molecule has 0 amide bonds. The van der Waals surface area contributed by atoms with Gasteiger partial charge in [0.05, 0.1) is 11.1 Å². The first kappa shape index (κ1) is 13.6. The van der Waals surface area contributed by atoms with Crippen LogP contribution in [0.3, 0.4) is 0 Å². The smallest absolute Gasteiger partial charge is 0.347 e. The SMILES string of the molecule is CSc1ccc(C2=C(c3ccccc3)C(=O)OC2=O)cc1. The molecular formula is C17H12O3S. The minimum atomic E-state index is -0.588. The topological polar surface area (TPSA) is 43.4 Å².